The maximum Gasteiger partial charge on any atom is 0.287 e. The molecule has 2 aromatic carbocycles. The second kappa shape index (κ2) is 10.1. The van der Waals surface area contributed by atoms with Crippen LogP contribution in [0.15, 0.2) is 46.9 Å². The normalized spacial score (nSPS) is 20.7. The third-order valence-electron chi connectivity index (χ3n) is 7.23. The van der Waals surface area contributed by atoms with E-state index in [2.05, 4.69) is 42.3 Å². The van der Waals surface area contributed by atoms with Crippen LogP contribution in [0.3, 0.4) is 0 Å². The number of piperidine rings is 1. The van der Waals surface area contributed by atoms with E-state index >= 15 is 0 Å². The molecular formula is C28H34N2O5. The van der Waals surface area contributed by atoms with Crippen LogP contribution in [-0.2, 0) is 21.6 Å². The fraction of sp³-hybridized carbons (Fsp3) is 0.464. The van der Waals surface area contributed by atoms with Crippen LogP contribution in [0.25, 0.3) is 11.0 Å². The number of aliphatic hydroxyl groups is 1. The van der Waals surface area contributed by atoms with E-state index in [9.17, 15) is 9.90 Å². The van der Waals surface area contributed by atoms with E-state index in [1.807, 2.05) is 18.2 Å². The fourth-order valence-electron chi connectivity index (χ4n) is 4.97. The van der Waals surface area contributed by atoms with Gasteiger partial charge in [-0.2, -0.15) is 0 Å². The van der Waals surface area contributed by atoms with Crippen molar-refractivity contribution in [1.29, 1.82) is 0 Å². The summed E-state index contributed by atoms with van der Waals surface area (Å²) < 4.78 is 16.7. The lowest BCUT2D eigenvalue weighted by Gasteiger charge is -2.38. The van der Waals surface area contributed by atoms with Gasteiger partial charge in [0.05, 0.1) is 31.5 Å². The zero-order chi connectivity index (χ0) is 24.4. The largest absolute Gasteiger partial charge is 0.451 e. The van der Waals surface area contributed by atoms with Crippen LogP contribution >= 0.6 is 0 Å². The molecule has 5 rings (SSSR count). The first kappa shape index (κ1) is 24.0. The van der Waals surface area contributed by atoms with Crippen molar-refractivity contribution in [2.75, 3.05) is 39.5 Å². The average molecular weight is 479 g/mol. The van der Waals surface area contributed by atoms with E-state index in [4.69, 9.17) is 13.9 Å². The van der Waals surface area contributed by atoms with Crippen LogP contribution in [0.2, 0.25) is 0 Å². The second-order valence-electron chi connectivity index (χ2n) is 9.88. The van der Waals surface area contributed by atoms with E-state index < -0.39 is 5.60 Å². The molecule has 2 fully saturated rings. The molecule has 1 amide bonds. The predicted molar refractivity (Wildman–Crippen MR) is 133 cm³/mol. The summed E-state index contributed by atoms with van der Waals surface area (Å²) in [5.41, 5.74) is 4.55. The van der Waals surface area contributed by atoms with Crippen molar-refractivity contribution in [2.24, 2.45) is 0 Å². The van der Waals surface area contributed by atoms with E-state index in [0.717, 1.165) is 30.6 Å². The molecule has 1 aromatic heterocycles. The standard InChI is InChI=1S/C28H34N2O5/c1-19-3-4-20(2)22(13-19)17-30-9-7-28(32,8-10-30)23-5-6-25-21(14-23)15-26(35-25)27(31)29-16-24-18-33-11-12-34-24/h3-6,13-15,24,32H,7-12,16-18H2,1-2H3,(H,29,31). The van der Waals surface area contributed by atoms with Gasteiger partial charge in [-0.3, -0.25) is 9.69 Å². The van der Waals surface area contributed by atoms with E-state index in [1.165, 1.54) is 16.7 Å². The Morgan fingerprint density at radius 3 is 2.71 bits per heavy atom. The number of rotatable bonds is 6. The number of carbonyl (C=O) groups excluding carboxylic acids is 1. The average Bonchev–Trinajstić information content (AvgIpc) is 3.31. The van der Waals surface area contributed by atoms with Gasteiger partial charge in [-0.15, -0.1) is 0 Å². The number of amides is 1. The Bertz CT molecular complexity index is 1190. The third kappa shape index (κ3) is 5.43. The van der Waals surface area contributed by atoms with Crippen molar-refractivity contribution in [1.82, 2.24) is 10.2 Å². The van der Waals surface area contributed by atoms with Crippen molar-refractivity contribution >= 4 is 16.9 Å². The number of likely N-dealkylation sites (tertiary alicyclic amines) is 1. The van der Waals surface area contributed by atoms with Crippen LogP contribution in [0, 0.1) is 13.8 Å². The number of ether oxygens (including phenoxy) is 2. The quantitative estimate of drug-likeness (QED) is 0.562. The van der Waals surface area contributed by atoms with Gasteiger partial charge in [-0.05, 0) is 61.6 Å². The number of fused-ring (bicyclic) bond motifs is 1. The fourth-order valence-corrected chi connectivity index (χ4v) is 4.97. The molecule has 7 heteroatoms. The number of furan rings is 1. The first-order valence-corrected chi connectivity index (χ1v) is 12.4. The number of nitrogens with zero attached hydrogens (tertiary/aromatic N) is 1. The van der Waals surface area contributed by atoms with Crippen LogP contribution in [0.1, 0.15) is 45.7 Å². The summed E-state index contributed by atoms with van der Waals surface area (Å²) in [6.45, 7) is 8.82. The minimum absolute atomic E-state index is 0.140. The van der Waals surface area contributed by atoms with Crippen LogP contribution < -0.4 is 5.32 Å². The van der Waals surface area contributed by atoms with E-state index in [0.29, 0.717) is 44.8 Å². The van der Waals surface area contributed by atoms with Crippen molar-refractivity contribution in [3.8, 4) is 0 Å². The van der Waals surface area contributed by atoms with E-state index in [1.54, 1.807) is 6.07 Å². The first-order valence-electron chi connectivity index (χ1n) is 12.4. The predicted octanol–water partition coefficient (Wildman–Crippen LogP) is 3.68. The summed E-state index contributed by atoms with van der Waals surface area (Å²) in [4.78, 5) is 15.0. The lowest BCUT2D eigenvalue weighted by Crippen LogP contribution is -2.42. The molecule has 0 spiro atoms. The Hall–Kier alpha value is -2.71. The van der Waals surface area contributed by atoms with Gasteiger partial charge in [0.1, 0.15) is 5.58 Å². The smallest absolute Gasteiger partial charge is 0.287 e. The Labute approximate surface area is 206 Å². The van der Waals surface area contributed by atoms with Crippen LogP contribution in [0.5, 0.6) is 0 Å². The lowest BCUT2D eigenvalue weighted by molar-refractivity contribution is -0.0856. The number of carbonyl (C=O) groups is 1. The molecule has 3 heterocycles. The molecular weight excluding hydrogens is 444 g/mol. The molecule has 0 aliphatic carbocycles. The molecule has 2 aliphatic rings. The maximum absolute atomic E-state index is 12.6. The number of nitrogens with one attached hydrogen (secondary N) is 1. The summed E-state index contributed by atoms with van der Waals surface area (Å²) in [6, 6.07) is 14.0. The third-order valence-corrected chi connectivity index (χ3v) is 7.23. The maximum atomic E-state index is 12.6. The van der Waals surface area contributed by atoms with Crippen molar-refractivity contribution in [3.05, 3.63) is 70.5 Å². The summed E-state index contributed by atoms with van der Waals surface area (Å²) in [5.74, 6) is -0.0282. The van der Waals surface area contributed by atoms with E-state index in [-0.39, 0.29) is 17.8 Å². The Morgan fingerprint density at radius 1 is 1.11 bits per heavy atom. The Balaban J connectivity index is 1.22. The minimum Gasteiger partial charge on any atom is -0.451 e. The number of hydrogen-bond donors (Lipinski definition) is 2. The highest BCUT2D eigenvalue weighted by Gasteiger charge is 2.34. The monoisotopic (exact) mass is 478 g/mol. The second-order valence-corrected chi connectivity index (χ2v) is 9.88. The number of hydrogen-bond acceptors (Lipinski definition) is 6. The summed E-state index contributed by atoms with van der Waals surface area (Å²) in [6.07, 6.45) is 1.19. The lowest BCUT2D eigenvalue weighted by atomic mass is 9.84. The molecule has 7 nitrogen and oxygen atoms in total. The highest BCUT2D eigenvalue weighted by atomic mass is 16.6. The molecule has 3 aromatic rings. The molecule has 2 aliphatic heterocycles. The zero-order valence-corrected chi connectivity index (χ0v) is 20.5. The van der Waals surface area contributed by atoms with Crippen LogP contribution in [0.4, 0.5) is 0 Å². The molecule has 1 unspecified atom stereocenters. The van der Waals surface area contributed by atoms with Gasteiger partial charge in [0, 0.05) is 31.6 Å². The molecule has 0 radical (unpaired) electrons. The Kier molecular flexibility index (Phi) is 6.93. The minimum atomic E-state index is -0.885. The van der Waals surface area contributed by atoms with Crippen molar-refractivity contribution < 1.29 is 23.8 Å². The summed E-state index contributed by atoms with van der Waals surface area (Å²) in [5, 5.41) is 15.1. The van der Waals surface area contributed by atoms with Gasteiger partial charge in [0.15, 0.2) is 5.76 Å². The molecule has 186 valence electrons. The highest BCUT2D eigenvalue weighted by Crippen LogP contribution is 2.35. The van der Waals surface area contributed by atoms with Gasteiger partial charge in [0.25, 0.3) is 5.91 Å². The van der Waals surface area contributed by atoms with Crippen LogP contribution in [-0.4, -0.2) is 61.5 Å². The number of benzene rings is 2. The van der Waals surface area contributed by atoms with Gasteiger partial charge in [-0.25, -0.2) is 0 Å². The van der Waals surface area contributed by atoms with Gasteiger partial charge in [0.2, 0.25) is 0 Å². The molecule has 0 saturated carbocycles. The number of aryl methyl sites for hydroxylation is 2. The molecule has 2 N–H and O–H groups in total. The topological polar surface area (TPSA) is 84.2 Å². The van der Waals surface area contributed by atoms with Gasteiger partial charge in [-0.1, -0.05) is 29.8 Å². The van der Waals surface area contributed by atoms with Crippen molar-refractivity contribution in [2.45, 2.75) is 44.9 Å². The molecule has 2 saturated heterocycles. The van der Waals surface area contributed by atoms with Crippen molar-refractivity contribution in [3.63, 3.8) is 0 Å². The van der Waals surface area contributed by atoms with Gasteiger partial charge >= 0.3 is 0 Å². The summed E-state index contributed by atoms with van der Waals surface area (Å²) >= 11 is 0. The summed E-state index contributed by atoms with van der Waals surface area (Å²) in [7, 11) is 0. The SMILES string of the molecule is Cc1ccc(C)c(CN2CCC(O)(c3ccc4oc(C(=O)NCC5COCCO5)cc4c3)CC2)c1. The molecule has 0 bridgehead atoms. The Morgan fingerprint density at radius 2 is 1.94 bits per heavy atom. The molecule has 1 atom stereocenters. The highest BCUT2D eigenvalue weighted by molar-refractivity contribution is 5.96. The zero-order valence-electron chi connectivity index (χ0n) is 20.5. The van der Waals surface area contributed by atoms with Gasteiger partial charge < -0.3 is 24.3 Å². The first-order chi connectivity index (χ1) is 16.9. The molecule has 35 heavy (non-hydrogen) atoms.